The lowest BCUT2D eigenvalue weighted by atomic mass is 9.65. The molecule has 4 aromatic carbocycles. The number of nitrogens with two attached hydrogens (primary N) is 1. The number of hydrogen-bond donors (Lipinski definition) is 7. The molecule has 8 N–H and O–H groups in total. The van der Waals surface area contributed by atoms with Crippen LogP contribution in [0.1, 0.15) is 140 Å². The average Bonchev–Trinajstić information content (AvgIpc) is 1.70. The maximum Gasteiger partial charge on any atom is 0.302 e. The van der Waals surface area contributed by atoms with E-state index in [4.69, 9.17) is 29.4 Å². The topological polar surface area (TPSA) is 186 Å². The van der Waals surface area contributed by atoms with Gasteiger partial charge >= 0.3 is 5.97 Å². The van der Waals surface area contributed by atoms with E-state index in [1.54, 1.807) is 20.3 Å². The van der Waals surface area contributed by atoms with Gasteiger partial charge in [0, 0.05) is 89.8 Å². The summed E-state index contributed by atoms with van der Waals surface area (Å²) < 4.78 is 34.1. The van der Waals surface area contributed by atoms with Crippen LogP contribution in [0.4, 0.5) is 0 Å². The van der Waals surface area contributed by atoms with Crippen LogP contribution in [0.5, 0.6) is 28.7 Å². The number of esters is 1. The largest absolute Gasteiger partial charge is 0.508 e. The van der Waals surface area contributed by atoms with Crippen molar-refractivity contribution in [2.45, 2.75) is 150 Å². The number of allylic oxidation sites excluding steroid dienone is 3. The van der Waals surface area contributed by atoms with E-state index in [-0.39, 0.29) is 66.3 Å². The molecule has 0 radical (unpaired) electrons. The minimum atomic E-state index is -0.821. The van der Waals surface area contributed by atoms with E-state index >= 15 is 0 Å². The van der Waals surface area contributed by atoms with E-state index in [0.717, 1.165) is 120 Å². The van der Waals surface area contributed by atoms with E-state index in [1.807, 2.05) is 33.7 Å². The highest BCUT2D eigenvalue weighted by molar-refractivity contribution is 8.77. The number of methoxy groups -OCH3 is 2. The van der Waals surface area contributed by atoms with E-state index in [2.05, 4.69) is 100 Å². The van der Waals surface area contributed by atoms with Crippen LogP contribution in [-0.2, 0) is 39.1 Å². The van der Waals surface area contributed by atoms with Crippen molar-refractivity contribution in [3.63, 3.8) is 0 Å². The van der Waals surface area contributed by atoms with Crippen molar-refractivity contribution in [1.82, 2.24) is 16.0 Å². The number of aromatic hydroxyl groups is 2. The van der Waals surface area contributed by atoms with Gasteiger partial charge in [0.05, 0.1) is 42.8 Å². The first-order valence-corrected chi connectivity index (χ1v) is 33.4. The monoisotopic (exact) mass is 1180 g/mol. The van der Waals surface area contributed by atoms with Gasteiger partial charge in [-0.2, -0.15) is 0 Å². The Morgan fingerprint density at radius 1 is 0.953 bits per heavy atom. The Labute approximate surface area is 508 Å². The highest BCUT2D eigenvalue weighted by Crippen LogP contribution is 2.64. The fourth-order valence-corrected chi connectivity index (χ4v) is 19.1. The summed E-state index contributed by atoms with van der Waals surface area (Å²) in [6.45, 7) is 2.84. The van der Waals surface area contributed by atoms with E-state index in [9.17, 15) is 20.1 Å². The molecule has 85 heavy (non-hydrogen) atoms. The van der Waals surface area contributed by atoms with Crippen molar-refractivity contribution >= 4 is 33.6 Å². The standard InChI is InChI=1S/C70H80N4O9S2/c1-40(76)81-38-55-51-18-19-52-61-48(32-50(77)33-58(61)80-3)35-70-26-24-42(34-70)29-46-17-23-60(71)74-56(46)21-16-45-15-14-44(12-8-28-75)47(37-79-2)25-27-72-36-54-62(45)63(66(55)82-67(51)64(52)70)53-20-22-57-69(83-68(53)65(54)78)59(31-41-9-5-4-6-10-41)85-84-39-43-11-7-13-49(30-43)73-57/h4-6,9-10,17-20,22-23,32-33,42-45,47,49,55,57,59-60,66,69,72-75,77-78H,7-8,11-13,24-31,34-39,71H2,1-3H3/t42-,43-,44-,45-,47+,49+,55+,57+,59+,60?,66+,69-,70-/m1/s1. The highest BCUT2D eigenvalue weighted by atomic mass is 33.1. The SMILES string of the molecule is COC[C@@H]1CCNCc2c(O)c3c(c4c2[C@@H](C#CC2=C(C=CC(N)N2)C[C@H]2CC[C@]5(Cc6cc(O)cc(OC)c6-c6ccc7c(c65)O[C@H]4[C@H]7COC(C)=O)C2)C#C[C@H]1CCCO)C=C[C@@H]1N[C@H]2CCC[C@@H](CSS[C@@H](Cc4ccccc4)[C@@H]1O3)C2. The molecule has 9 aliphatic rings. The average molecular weight is 1190 g/mol. The molecule has 15 heteroatoms. The summed E-state index contributed by atoms with van der Waals surface area (Å²) in [5.41, 5.74) is 17.2. The van der Waals surface area contributed by atoms with Crippen LogP contribution in [0.25, 0.3) is 17.2 Å². The molecule has 1 spiro atoms. The van der Waals surface area contributed by atoms with Gasteiger partial charge in [-0.05, 0) is 147 Å². The second kappa shape index (κ2) is 25.0. The molecule has 1 saturated heterocycles. The number of phenols is 2. The zero-order chi connectivity index (χ0) is 58.3. The molecule has 13 rings (SSSR count). The molecule has 6 bridgehead atoms. The Bertz CT molecular complexity index is 3440. The Kier molecular flexibility index (Phi) is 17.1. The summed E-state index contributed by atoms with van der Waals surface area (Å²) in [7, 11) is 7.25. The highest BCUT2D eigenvalue weighted by Gasteiger charge is 2.52. The second-order valence-corrected chi connectivity index (χ2v) is 27.9. The van der Waals surface area contributed by atoms with Gasteiger partial charge < -0.3 is 60.7 Å². The predicted molar refractivity (Wildman–Crippen MR) is 335 cm³/mol. The minimum absolute atomic E-state index is 0.0133. The summed E-state index contributed by atoms with van der Waals surface area (Å²) >= 11 is 0. The number of rotatable bonds is 10. The molecule has 6 heterocycles. The van der Waals surface area contributed by atoms with Gasteiger partial charge in [-0.15, -0.1) is 0 Å². The van der Waals surface area contributed by atoms with Crippen LogP contribution in [-0.4, -0.2) is 97.2 Å². The van der Waals surface area contributed by atoms with Gasteiger partial charge in [-0.25, -0.2) is 0 Å². The summed E-state index contributed by atoms with van der Waals surface area (Å²) in [4.78, 5) is 13.3. The maximum atomic E-state index is 13.7. The molecule has 446 valence electrons. The summed E-state index contributed by atoms with van der Waals surface area (Å²) in [5.74, 6) is 17.1. The number of nitrogens with one attached hydrogen (secondary N) is 3. The number of aliphatic hydroxyl groups is 1. The Morgan fingerprint density at radius 3 is 2.67 bits per heavy atom. The van der Waals surface area contributed by atoms with Crippen molar-refractivity contribution < 1.29 is 43.8 Å². The molecule has 6 aliphatic heterocycles. The fourth-order valence-electron chi connectivity index (χ4n) is 15.9. The number of fused-ring (bicyclic) bond motifs is 10. The van der Waals surface area contributed by atoms with E-state index in [0.29, 0.717) is 61.0 Å². The van der Waals surface area contributed by atoms with Crippen molar-refractivity contribution in [2.24, 2.45) is 29.4 Å². The maximum absolute atomic E-state index is 13.7. The molecular formula is C70H80N4O9S2. The third-order valence-corrected chi connectivity index (χ3v) is 22.7. The lowest BCUT2D eigenvalue weighted by Gasteiger charge is -2.39. The zero-order valence-electron chi connectivity index (χ0n) is 49.1. The molecule has 1 unspecified atom stereocenters. The summed E-state index contributed by atoms with van der Waals surface area (Å²) in [6.07, 6.45) is 18.3. The van der Waals surface area contributed by atoms with E-state index in [1.165, 1.54) is 18.9 Å². The molecule has 0 aromatic heterocycles. The molecule has 3 fully saturated rings. The predicted octanol–water partition coefficient (Wildman–Crippen LogP) is 10.8. The minimum Gasteiger partial charge on any atom is -0.508 e. The van der Waals surface area contributed by atoms with Crippen LogP contribution in [0.15, 0.2) is 84.1 Å². The van der Waals surface area contributed by atoms with Crippen molar-refractivity contribution in [3.05, 3.63) is 129 Å². The molecular weight excluding hydrogens is 1100 g/mol. The lowest BCUT2D eigenvalue weighted by molar-refractivity contribution is -0.141. The fraction of sp³-hybridized carbons (Fsp3) is 0.500. The van der Waals surface area contributed by atoms with Crippen LogP contribution >= 0.6 is 21.6 Å². The summed E-state index contributed by atoms with van der Waals surface area (Å²) in [6, 6.07) is 18.7. The van der Waals surface area contributed by atoms with Crippen molar-refractivity contribution in [3.8, 4) is 63.6 Å². The number of phenolic OH excluding ortho intramolecular Hbond substituents is 2. The number of dihydropyridines is 1. The van der Waals surface area contributed by atoms with Gasteiger partial charge in [0.15, 0.2) is 11.5 Å². The number of aliphatic hydroxyl groups excluding tert-OH is 1. The molecule has 13 nitrogen and oxygen atoms in total. The summed E-state index contributed by atoms with van der Waals surface area (Å²) in [5, 5.41) is 46.8. The smallest absolute Gasteiger partial charge is 0.302 e. The Morgan fingerprint density at radius 2 is 1.84 bits per heavy atom. The Hall–Kier alpha value is -6.01. The third-order valence-electron chi connectivity index (χ3n) is 19.8. The first-order valence-electron chi connectivity index (χ1n) is 31.0. The quantitative estimate of drug-likeness (QED) is 0.0452. The Balaban J connectivity index is 1.10. The number of carbonyl (C=O) groups excluding carboxylic acids is 1. The molecule has 0 amide bonds. The normalized spacial score (nSPS) is 30.5. The van der Waals surface area contributed by atoms with Gasteiger partial charge in [0.25, 0.3) is 0 Å². The van der Waals surface area contributed by atoms with Crippen LogP contribution in [0.2, 0.25) is 0 Å². The first-order chi connectivity index (χ1) is 41.5. The first kappa shape index (κ1) is 58.0. The number of ether oxygens (including phenoxy) is 5. The van der Waals surface area contributed by atoms with Crippen LogP contribution in [0.3, 0.4) is 0 Å². The van der Waals surface area contributed by atoms with Gasteiger partial charge in [0.2, 0.25) is 0 Å². The third kappa shape index (κ3) is 11.5. The second-order valence-electron chi connectivity index (χ2n) is 25.2. The van der Waals surface area contributed by atoms with Crippen LogP contribution < -0.4 is 35.9 Å². The molecule has 13 atom stereocenters. The van der Waals surface area contributed by atoms with Gasteiger partial charge in [0.1, 0.15) is 42.0 Å². The number of benzene rings is 4. The van der Waals surface area contributed by atoms with Crippen molar-refractivity contribution in [1.29, 1.82) is 0 Å². The van der Waals surface area contributed by atoms with E-state index < -0.39 is 41.6 Å². The molecule has 3 aliphatic carbocycles. The zero-order valence-corrected chi connectivity index (χ0v) is 50.7. The van der Waals surface area contributed by atoms with Crippen LogP contribution in [0, 0.1) is 47.4 Å². The van der Waals surface area contributed by atoms with Gasteiger partial charge in [-0.3, -0.25) is 4.79 Å². The number of hydrogen-bond acceptors (Lipinski definition) is 15. The molecule has 2 saturated carbocycles. The van der Waals surface area contributed by atoms with Crippen molar-refractivity contribution in [2.75, 3.05) is 46.3 Å². The number of carbonyl (C=O) groups is 1. The molecule has 4 aromatic rings. The van der Waals surface area contributed by atoms with Gasteiger partial charge in [-0.1, -0.05) is 106 Å². The lowest BCUT2D eigenvalue weighted by Crippen LogP contribution is -2.52.